The minimum atomic E-state index is -0.424. The molecule has 0 radical (unpaired) electrons. The van der Waals surface area contributed by atoms with Crippen molar-refractivity contribution in [2.45, 2.75) is 25.5 Å². The van der Waals surface area contributed by atoms with Crippen molar-refractivity contribution in [3.05, 3.63) is 52.0 Å². The lowest BCUT2D eigenvalue weighted by atomic mass is 10.2. The number of hydrogen-bond acceptors (Lipinski definition) is 6. The van der Waals surface area contributed by atoms with Crippen molar-refractivity contribution in [1.82, 2.24) is 9.88 Å². The second-order valence-corrected chi connectivity index (χ2v) is 7.85. The van der Waals surface area contributed by atoms with Gasteiger partial charge in [0.15, 0.2) is 5.58 Å². The Morgan fingerprint density at radius 1 is 1.31 bits per heavy atom. The van der Waals surface area contributed by atoms with Gasteiger partial charge in [-0.25, -0.2) is 9.78 Å². The largest absolute Gasteiger partial charge is 0.457 e. The molecule has 1 aliphatic rings. The molecule has 1 fully saturated rings. The van der Waals surface area contributed by atoms with Gasteiger partial charge in [-0.05, 0) is 49.7 Å². The van der Waals surface area contributed by atoms with Crippen molar-refractivity contribution in [2.24, 2.45) is 0 Å². The van der Waals surface area contributed by atoms with E-state index in [9.17, 15) is 4.79 Å². The third-order valence-corrected chi connectivity index (χ3v) is 5.35. The number of fused-ring (bicyclic) bond motifs is 1. The molecule has 1 saturated heterocycles. The summed E-state index contributed by atoms with van der Waals surface area (Å²) in [6, 6.07) is 12.0. The van der Waals surface area contributed by atoms with Gasteiger partial charge in [0, 0.05) is 28.7 Å². The van der Waals surface area contributed by atoms with Crippen LogP contribution in [0.3, 0.4) is 0 Å². The van der Waals surface area contributed by atoms with Gasteiger partial charge in [-0.1, -0.05) is 23.2 Å². The minimum absolute atomic E-state index is 0.192. The van der Waals surface area contributed by atoms with Crippen molar-refractivity contribution < 1.29 is 13.9 Å². The van der Waals surface area contributed by atoms with Gasteiger partial charge in [0.05, 0.1) is 17.7 Å². The molecular formula is C21H17Cl2N3O3. The first-order chi connectivity index (χ1) is 13.9. The lowest BCUT2D eigenvalue weighted by Gasteiger charge is -2.17. The smallest absolute Gasteiger partial charge is 0.338 e. The Balaban J connectivity index is 1.52. The second-order valence-electron chi connectivity index (χ2n) is 6.98. The number of ether oxygens (including phenoxy) is 1. The molecule has 0 amide bonds. The Morgan fingerprint density at radius 3 is 2.79 bits per heavy atom. The number of carbonyl (C=O) groups excluding carboxylic acids is 1. The molecule has 29 heavy (non-hydrogen) atoms. The molecule has 1 aromatic heterocycles. The maximum absolute atomic E-state index is 12.6. The van der Waals surface area contributed by atoms with Crippen molar-refractivity contribution in [2.75, 3.05) is 13.1 Å². The van der Waals surface area contributed by atoms with Crippen LogP contribution >= 0.6 is 23.2 Å². The van der Waals surface area contributed by atoms with Gasteiger partial charge < -0.3 is 9.15 Å². The Kier molecular flexibility index (Phi) is 5.46. The quantitative estimate of drug-likeness (QED) is 0.546. The summed E-state index contributed by atoms with van der Waals surface area (Å²) < 4.78 is 11.4. The molecule has 2 heterocycles. The van der Waals surface area contributed by atoms with Crippen LogP contribution < -0.4 is 0 Å². The van der Waals surface area contributed by atoms with E-state index < -0.39 is 5.97 Å². The van der Waals surface area contributed by atoms with Gasteiger partial charge in [0.2, 0.25) is 5.89 Å². The van der Waals surface area contributed by atoms with E-state index in [1.807, 2.05) is 11.8 Å². The van der Waals surface area contributed by atoms with Gasteiger partial charge in [-0.3, -0.25) is 4.90 Å². The van der Waals surface area contributed by atoms with Crippen LogP contribution in [-0.2, 0) is 4.74 Å². The monoisotopic (exact) mass is 429 g/mol. The molecular weight excluding hydrogens is 413 g/mol. The fraction of sp³-hybridized carbons (Fsp3) is 0.286. The van der Waals surface area contributed by atoms with Gasteiger partial charge >= 0.3 is 5.97 Å². The number of nitriles is 1. The van der Waals surface area contributed by atoms with E-state index in [2.05, 4.69) is 11.1 Å². The summed E-state index contributed by atoms with van der Waals surface area (Å²) in [5.41, 5.74) is 2.12. The van der Waals surface area contributed by atoms with E-state index in [-0.39, 0.29) is 12.1 Å². The van der Waals surface area contributed by atoms with Crippen LogP contribution in [0.25, 0.3) is 22.6 Å². The SMILES string of the molecule is CC(C#N)N1CCC(OC(=O)c2ccc3nc(-c4cc(Cl)cc(Cl)c4)oc3c2)C1. The summed E-state index contributed by atoms with van der Waals surface area (Å²) in [4.78, 5) is 19.0. The molecule has 1 aliphatic heterocycles. The summed E-state index contributed by atoms with van der Waals surface area (Å²) in [7, 11) is 0. The molecule has 148 valence electrons. The summed E-state index contributed by atoms with van der Waals surface area (Å²) >= 11 is 12.1. The summed E-state index contributed by atoms with van der Waals surface area (Å²) in [6.45, 7) is 3.14. The summed E-state index contributed by atoms with van der Waals surface area (Å²) in [6.07, 6.45) is 0.481. The Hall–Kier alpha value is -2.59. The fourth-order valence-corrected chi connectivity index (χ4v) is 3.88. The van der Waals surface area contributed by atoms with Crippen LogP contribution in [0.2, 0.25) is 10.0 Å². The number of carbonyl (C=O) groups is 1. The van der Waals surface area contributed by atoms with Gasteiger partial charge in [-0.15, -0.1) is 0 Å². The fourth-order valence-electron chi connectivity index (χ4n) is 3.36. The van der Waals surface area contributed by atoms with E-state index in [1.54, 1.807) is 36.4 Å². The van der Waals surface area contributed by atoms with E-state index >= 15 is 0 Å². The van der Waals surface area contributed by atoms with Gasteiger partial charge in [-0.2, -0.15) is 5.26 Å². The molecule has 0 aliphatic carbocycles. The molecule has 2 unspecified atom stereocenters. The number of aromatic nitrogens is 1. The topological polar surface area (TPSA) is 79.4 Å². The molecule has 2 atom stereocenters. The van der Waals surface area contributed by atoms with Crippen LogP contribution in [0.4, 0.5) is 0 Å². The normalized spacial score (nSPS) is 17.9. The molecule has 0 N–H and O–H groups in total. The van der Waals surface area contributed by atoms with E-state index in [4.69, 9.17) is 37.6 Å². The molecule has 0 spiro atoms. The maximum atomic E-state index is 12.6. The predicted octanol–water partition coefficient (Wildman–Crippen LogP) is 4.94. The average molecular weight is 430 g/mol. The number of oxazole rings is 1. The molecule has 2 aromatic carbocycles. The average Bonchev–Trinajstić information content (AvgIpc) is 3.32. The minimum Gasteiger partial charge on any atom is -0.457 e. The van der Waals surface area contributed by atoms with E-state index in [0.29, 0.717) is 51.1 Å². The summed E-state index contributed by atoms with van der Waals surface area (Å²) in [5, 5.41) is 9.99. The highest BCUT2D eigenvalue weighted by Gasteiger charge is 2.29. The molecule has 0 saturated carbocycles. The number of rotatable bonds is 4. The standard InChI is InChI=1S/C21H17Cl2N3O3/c1-12(10-24)26-5-4-17(11-26)28-21(27)13-2-3-18-19(8-13)29-20(25-18)14-6-15(22)9-16(23)7-14/h2-3,6-9,12,17H,4-5,11H2,1H3. The second kappa shape index (κ2) is 8.03. The van der Waals surface area contributed by atoms with Crippen LogP contribution in [-0.4, -0.2) is 41.1 Å². The first-order valence-corrected chi connectivity index (χ1v) is 9.90. The number of likely N-dealkylation sites (tertiary alicyclic amines) is 1. The maximum Gasteiger partial charge on any atom is 0.338 e. The van der Waals surface area contributed by atoms with Gasteiger partial charge in [0.25, 0.3) is 0 Å². The molecule has 0 bridgehead atoms. The van der Waals surface area contributed by atoms with E-state index in [1.165, 1.54) is 0 Å². The lowest BCUT2D eigenvalue weighted by molar-refractivity contribution is 0.0318. The molecule has 8 heteroatoms. The third-order valence-electron chi connectivity index (χ3n) is 4.92. The van der Waals surface area contributed by atoms with Crippen molar-refractivity contribution in [3.63, 3.8) is 0 Å². The first-order valence-electron chi connectivity index (χ1n) is 9.14. The van der Waals surface area contributed by atoms with Crippen LogP contribution in [0, 0.1) is 11.3 Å². The number of benzene rings is 2. The number of hydrogen-bond donors (Lipinski definition) is 0. The zero-order valence-corrected chi connectivity index (χ0v) is 17.1. The zero-order valence-electron chi connectivity index (χ0n) is 15.6. The Bertz CT molecular complexity index is 1100. The first kappa shape index (κ1) is 19.7. The molecule has 3 aromatic rings. The highest BCUT2D eigenvalue weighted by atomic mass is 35.5. The van der Waals surface area contributed by atoms with Crippen molar-refractivity contribution >= 4 is 40.3 Å². The number of nitrogens with zero attached hydrogens (tertiary/aromatic N) is 3. The Labute approximate surface area is 177 Å². The highest BCUT2D eigenvalue weighted by Crippen LogP contribution is 2.30. The molecule has 6 nitrogen and oxygen atoms in total. The van der Waals surface area contributed by atoms with Crippen molar-refractivity contribution in [1.29, 1.82) is 5.26 Å². The molecule has 4 rings (SSSR count). The predicted molar refractivity (Wildman–Crippen MR) is 110 cm³/mol. The van der Waals surface area contributed by atoms with Crippen molar-refractivity contribution in [3.8, 4) is 17.5 Å². The van der Waals surface area contributed by atoms with E-state index in [0.717, 1.165) is 6.54 Å². The number of esters is 1. The number of halogens is 2. The lowest BCUT2D eigenvalue weighted by Crippen LogP contribution is -2.31. The zero-order chi connectivity index (χ0) is 20.5. The Morgan fingerprint density at radius 2 is 2.07 bits per heavy atom. The summed E-state index contributed by atoms with van der Waals surface area (Å²) in [5.74, 6) is -0.0565. The van der Waals surface area contributed by atoms with Crippen LogP contribution in [0.15, 0.2) is 40.8 Å². The highest BCUT2D eigenvalue weighted by molar-refractivity contribution is 6.35. The van der Waals surface area contributed by atoms with Gasteiger partial charge in [0.1, 0.15) is 11.6 Å². The van der Waals surface area contributed by atoms with Crippen LogP contribution in [0.1, 0.15) is 23.7 Å². The third kappa shape index (κ3) is 4.23. The van der Waals surface area contributed by atoms with Crippen LogP contribution in [0.5, 0.6) is 0 Å².